The lowest BCUT2D eigenvalue weighted by Crippen LogP contribution is -2.44. The number of anilines is 4. The number of benzene rings is 1. The Balaban J connectivity index is 1.23. The Kier molecular flexibility index (Phi) is 6.23. The van der Waals surface area contributed by atoms with Crippen LogP contribution in [0.5, 0.6) is 0 Å². The van der Waals surface area contributed by atoms with E-state index in [4.69, 9.17) is 14.7 Å². The normalized spacial score (nSPS) is 18.1. The molecule has 0 bridgehead atoms. The van der Waals surface area contributed by atoms with Crippen molar-refractivity contribution in [3.63, 3.8) is 0 Å². The Morgan fingerprint density at radius 1 is 0.921 bits per heavy atom. The number of morpholine rings is 1. The van der Waals surface area contributed by atoms with Crippen LogP contribution in [0, 0.1) is 0 Å². The maximum atomic E-state index is 5.51. The number of rotatable bonds is 6. The number of fused-ring (bicyclic) bond motifs is 1. The summed E-state index contributed by atoms with van der Waals surface area (Å²) in [6, 6.07) is 12.5. The number of piperazine rings is 1. The number of nitrogens with zero attached hydrogens (tertiary/aromatic N) is 6. The highest BCUT2D eigenvalue weighted by molar-refractivity contribution is 5.94. The van der Waals surface area contributed by atoms with Crippen molar-refractivity contribution in [2.45, 2.75) is 18.8 Å². The molecular weight excluding hydrogens is 476 g/mol. The van der Waals surface area contributed by atoms with Crippen LogP contribution in [0.15, 0.2) is 55.0 Å². The summed E-state index contributed by atoms with van der Waals surface area (Å²) in [5.74, 6) is 3.07. The van der Waals surface area contributed by atoms with Gasteiger partial charge >= 0.3 is 0 Å². The molecule has 38 heavy (non-hydrogen) atoms. The number of aromatic nitrogens is 4. The zero-order chi connectivity index (χ0) is 25.3. The highest BCUT2D eigenvalue weighted by Gasteiger charge is 2.29. The van der Waals surface area contributed by atoms with Gasteiger partial charge in [-0.15, -0.1) is 0 Å². The van der Waals surface area contributed by atoms with E-state index in [-0.39, 0.29) is 0 Å². The monoisotopic (exact) mass is 508 g/mol. The molecule has 2 aliphatic heterocycles. The van der Waals surface area contributed by atoms with E-state index in [1.54, 1.807) is 0 Å². The molecule has 0 atom stereocenters. The van der Waals surface area contributed by atoms with E-state index in [2.05, 4.69) is 54.7 Å². The Hall–Kier alpha value is -3.82. The van der Waals surface area contributed by atoms with E-state index in [1.165, 1.54) is 29.5 Å². The summed E-state index contributed by atoms with van der Waals surface area (Å²) in [5, 5.41) is 8.11. The standard InChI is InChI=1S/C29H32N8O/c1-2-22(17-23(3-1)36-12-14-38-15-13-36)33-26-16-21(6-7-32-26)28-34-25-19-31-18-24(20-4-5-20)27(25)29(35-28)37-10-8-30-9-11-37/h1-3,6-7,16-20,30H,4-5,8-15H2,(H,32,33). The third-order valence-electron chi connectivity index (χ3n) is 7.56. The summed E-state index contributed by atoms with van der Waals surface area (Å²) in [6.07, 6.45) is 8.16. The SMILES string of the molecule is c1cc(Nc2cc(-c3nc(N4CCNCC4)c4c(C5CC5)cncc4n3)ccn2)cc(N2CCOCC2)c1. The van der Waals surface area contributed by atoms with Crippen molar-refractivity contribution in [3.05, 3.63) is 60.6 Å². The molecule has 5 heterocycles. The Labute approximate surface area is 222 Å². The van der Waals surface area contributed by atoms with Crippen LogP contribution in [0.3, 0.4) is 0 Å². The molecule has 4 aromatic rings. The van der Waals surface area contributed by atoms with Crippen LogP contribution in [0.2, 0.25) is 0 Å². The van der Waals surface area contributed by atoms with Crippen LogP contribution < -0.4 is 20.4 Å². The van der Waals surface area contributed by atoms with Gasteiger partial charge in [0.15, 0.2) is 5.82 Å². The molecule has 1 saturated carbocycles. The minimum Gasteiger partial charge on any atom is -0.378 e. The maximum absolute atomic E-state index is 5.51. The number of hydrogen-bond acceptors (Lipinski definition) is 9. The van der Waals surface area contributed by atoms with Crippen LogP contribution in [0.25, 0.3) is 22.3 Å². The predicted octanol–water partition coefficient (Wildman–Crippen LogP) is 3.95. The van der Waals surface area contributed by atoms with Crippen molar-refractivity contribution in [2.24, 2.45) is 0 Å². The van der Waals surface area contributed by atoms with Gasteiger partial charge < -0.3 is 25.2 Å². The first-order valence-corrected chi connectivity index (χ1v) is 13.6. The second-order valence-electron chi connectivity index (χ2n) is 10.2. The molecule has 0 unspecified atom stereocenters. The lowest BCUT2D eigenvalue weighted by atomic mass is 10.1. The fourth-order valence-corrected chi connectivity index (χ4v) is 5.42. The van der Waals surface area contributed by atoms with Crippen LogP contribution in [0.1, 0.15) is 24.3 Å². The van der Waals surface area contributed by atoms with Crippen LogP contribution in [0.4, 0.5) is 23.0 Å². The summed E-state index contributed by atoms with van der Waals surface area (Å²) >= 11 is 0. The molecule has 2 saturated heterocycles. The molecule has 1 aliphatic carbocycles. The molecule has 9 heteroatoms. The quantitative estimate of drug-likeness (QED) is 0.402. The van der Waals surface area contributed by atoms with Crippen molar-refractivity contribution in [1.29, 1.82) is 0 Å². The molecule has 194 valence electrons. The summed E-state index contributed by atoms with van der Waals surface area (Å²) in [5.41, 5.74) is 5.32. The van der Waals surface area contributed by atoms with Gasteiger partial charge in [-0.25, -0.2) is 15.0 Å². The van der Waals surface area contributed by atoms with Crippen molar-refractivity contribution in [3.8, 4) is 11.4 Å². The average molecular weight is 509 g/mol. The minimum absolute atomic E-state index is 0.576. The largest absolute Gasteiger partial charge is 0.378 e. The van der Waals surface area contributed by atoms with Gasteiger partial charge in [0.25, 0.3) is 0 Å². The van der Waals surface area contributed by atoms with Crippen molar-refractivity contribution < 1.29 is 4.74 Å². The summed E-state index contributed by atoms with van der Waals surface area (Å²) in [6.45, 7) is 7.12. The summed E-state index contributed by atoms with van der Waals surface area (Å²) < 4.78 is 5.51. The van der Waals surface area contributed by atoms with Gasteiger partial charge in [-0.3, -0.25) is 4.98 Å². The summed E-state index contributed by atoms with van der Waals surface area (Å²) in [4.78, 5) is 24.1. The minimum atomic E-state index is 0.576. The first kappa shape index (κ1) is 23.3. The van der Waals surface area contributed by atoms with Crippen molar-refractivity contribution in [2.75, 3.05) is 67.6 Å². The molecule has 9 nitrogen and oxygen atoms in total. The van der Waals surface area contributed by atoms with Gasteiger partial charge in [-0.1, -0.05) is 6.07 Å². The van der Waals surface area contributed by atoms with Gasteiger partial charge in [-0.2, -0.15) is 0 Å². The smallest absolute Gasteiger partial charge is 0.162 e. The molecule has 0 radical (unpaired) electrons. The predicted molar refractivity (Wildman–Crippen MR) is 150 cm³/mol. The van der Waals surface area contributed by atoms with E-state index >= 15 is 0 Å². The number of hydrogen-bond donors (Lipinski definition) is 2. The molecule has 7 rings (SSSR count). The fraction of sp³-hybridized carbons (Fsp3) is 0.379. The first-order valence-electron chi connectivity index (χ1n) is 13.6. The van der Waals surface area contributed by atoms with Gasteiger partial charge in [0.05, 0.1) is 24.9 Å². The highest BCUT2D eigenvalue weighted by atomic mass is 16.5. The number of pyridine rings is 2. The van der Waals surface area contributed by atoms with Gasteiger partial charge in [0.1, 0.15) is 11.6 Å². The van der Waals surface area contributed by atoms with E-state index in [0.717, 1.165) is 80.9 Å². The van der Waals surface area contributed by atoms with E-state index < -0.39 is 0 Å². The van der Waals surface area contributed by atoms with Crippen molar-refractivity contribution in [1.82, 2.24) is 25.3 Å². The maximum Gasteiger partial charge on any atom is 0.162 e. The van der Waals surface area contributed by atoms with E-state index in [9.17, 15) is 0 Å². The van der Waals surface area contributed by atoms with Gasteiger partial charge in [-0.05, 0) is 54.7 Å². The molecular formula is C29H32N8O. The highest BCUT2D eigenvalue weighted by Crippen LogP contribution is 2.44. The summed E-state index contributed by atoms with van der Waals surface area (Å²) in [7, 11) is 0. The van der Waals surface area contributed by atoms with Gasteiger partial charge in [0.2, 0.25) is 0 Å². The third-order valence-corrected chi connectivity index (χ3v) is 7.56. The average Bonchev–Trinajstić information content (AvgIpc) is 3.83. The zero-order valence-corrected chi connectivity index (χ0v) is 21.4. The van der Waals surface area contributed by atoms with E-state index in [1.807, 2.05) is 30.7 Å². The number of nitrogens with one attached hydrogen (secondary N) is 2. The molecule has 1 aromatic carbocycles. The van der Waals surface area contributed by atoms with Crippen LogP contribution >= 0.6 is 0 Å². The Morgan fingerprint density at radius 2 is 1.79 bits per heavy atom. The van der Waals surface area contributed by atoms with Gasteiger partial charge in [0, 0.05) is 74.0 Å². The number of ether oxygens (including phenoxy) is 1. The Bertz CT molecular complexity index is 1440. The van der Waals surface area contributed by atoms with Crippen LogP contribution in [-0.2, 0) is 4.74 Å². The van der Waals surface area contributed by atoms with Crippen LogP contribution in [-0.4, -0.2) is 72.4 Å². The second kappa shape index (κ2) is 10.2. The lowest BCUT2D eigenvalue weighted by molar-refractivity contribution is 0.122. The van der Waals surface area contributed by atoms with Crippen molar-refractivity contribution >= 4 is 33.9 Å². The molecule has 3 aromatic heterocycles. The van der Waals surface area contributed by atoms with E-state index in [0.29, 0.717) is 11.7 Å². The molecule has 2 N–H and O–H groups in total. The fourth-order valence-electron chi connectivity index (χ4n) is 5.42. The molecule has 3 fully saturated rings. The molecule has 0 spiro atoms. The third kappa shape index (κ3) is 4.75. The molecule has 0 amide bonds. The topological polar surface area (TPSA) is 91.3 Å². The Morgan fingerprint density at radius 3 is 2.63 bits per heavy atom. The second-order valence-corrected chi connectivity index (χ2v) is 10.2. The lowest BCUT2D eigenvalue weighted by Gasteiger charge is -2.30. The molecule has 3 aliphatic rings. The zero-order valence-electron chi connectivity index (χ0n) is 21.4. The first-order chi connectivity index (χ1) is 18.8.